The van der Waals surface area contributed by atoms with Gasteiger partial charge in [0.15, 0.2) is 0 Å². The summed E-state index contributed by atoms with van der Waals surface area (Å²) in [6.45, 7) is 3.00. The van der Waals surface area contributed by atoms with Crippen molar-refractivity contribution in [3.05, 3.63) is 28.8 Å². The molecule has 1 unspecified atom stereocenters. The predicted octanol–water partition coefficient (Wildman–Crippen LogP) is 3.23. The first-order valence-corrected chi connectivity index (χ1v) is 4.58. The number of fused-ring (bicyclic) bond motifs is 1. The van der Waals surface area contributed by atoms with E-state index in [0.717, 1.165) is 23.8 Å². The highest BCUT2D eigenvalue weighted by molar-refractivity contribution is 6.31. The molecule has 0 aromatic heterocycles. The van der Waals surface area contributed by atoms with E-state index in [0.29, 0.717) is 5.92 Å². The third kappa shape index (κ3) is 1.18. The summed E-state index contributed by atoms with van der Waals surface area (Å²) in [5.41, 5.74) is 1.17. The molecule has 1 aromatic rings. The van der Waals surface area contributed by atoms with Crippen LogP contribution in [-0.4, -0.2) is 6.61 Å². The first-order valence-electron chi connectivity index (χ1n) is 4.20. The second-order valence-electron chi connectivity index (χ2n) is 3.19. The highest BCUT2D eigenvalue weighted by atomic mass is 35.5. The Hall–Kier alpha value is -0.690. The van der Waals surface area contributed by atoms with Crippen LogP contribution >= 0.6 is 11.6 Å². The lowest BCUT2D eigenvalue weighted by molar-refractivity contribution is 0.272. The summed E-state index contributed by atoms with van der Waals surface area (Å²) in [6, 6.07) is 5.83. The Balaban J connectivity index is 2.53. The lowest BCUT2D eigenvalue weighted by atomic mass is 9.95. The van der Waals surface area contributed by atoms with E-state index < -0.39 is 0 Å². The smallest absolute Gasteiger partial charge is 0.124 e. The molecule has 1 nitrogen and oxygen atoms in total. The first kappa shape index (κ1) is 7.93. The largest absolute Gasteiger partial charge is 0.493 e. The Labute approximate surface area is 77.3 Å². The van der Waals surface area contributed by atoms with Gasteiger partial charge in [-0.3, -0.25) is 0 Å². The van der Waals surface area contributed by atoms with Crippen molar-refractivity contribution in [2.75, 3.05) is 6.61 Å². The van der Waals surface area contributed by atoms with E-state index in [1.165, 1.54) is 5.56 Å². The molecule has 2 heteroatoms. The van der Waals surface area contributed by atoms with Gasteiger partial charge in [0.2, 0.25) is 0 Å². The first-order chi connectivity index (χ1) is 5.79. The highest BCUT2D eigenvalue weighted by Gasteiger charge is 2.19. The minimum atomic E-state index is 0.530. The van der Waals surface area contributed by atoms with Crippen LogP contribution in [0.1, 0.15) is 24.8 Å². The number of ether oxygens (including phenoxy) is 1. The molecule has 2 rings (SSSR count). The molecule has 1 aromatic carbocycles. The van der Waals surface area contributed by atoms with E-state index in [-0.39, 0.29) is 0 Å². The minimum Gasteiger partial charge on any atom is -0.493 e. The van der Waals surface area contributed by atoms with E-state index in [1.807, 2.05) is 18.2 Å². The molecule has 0 spiro atoms. The van der Waals surface area contributed by atoms with E-state index in [9.17, 15) is 0 Å². The van der Waals surface area contributed by atoms with Gasteiger partial charge < -0.3 is 4.74 Å². The van der Waals surface area contributed by atoms with Gasteiger partial charge >= 0.3 is 0 Å². The Morgan fingerprint density at radius 1 is 1.50 bits per heavy atom. The summed E-state index contributed by atoms with van der Waals surface area (Å²) in [7, 11) is 0. The molecule has 64 valence electrons. The van der Waals surface area contributed by atoms with Crippen molar-refractivity contribution in [3.8, 4) is 5.75 Å². The number of benzene rings is 1. The number of hydrogen-bond donors (Lipinski definition) is 0. The molecule has 1 aliphatic rings. The van der Waals surface area contributed by atoms with E-state index in [2.05, 4.69) is 6.92 Å². The molecule has 0 N–H and O–H groups in total. The zero-order valence-corrected chi connectivity index (χ0v) is 7.77. The van der Waals surface area contributed by atoms with Gasteiger partial charge in [0, 0.05) is 10.6 Å². The Morgan fingerprint density at radius 3 is 3.08 bits per heavy atom. The predicted molar refractivity (Wildman–Crippen MR) is 50.0 cm³/mol. The average molecular weight is 183 g/mol. The number of hydrogen-bond acceptors (Lipinski definition) is 1. The van der Waals surface area contributed by atoms with Crippen LogP contribution in [0.25, 0.3) is 0 Å². The van der Waals surface area contributed by atoms with Crippen LogP contribution in [0, 0.1) is 0 Å². The lowest BCUT2D eigenvalue weighted by Crippen LogP contribution is -2.12. The summed E-state index contributed by atoms with van der Waals surface area (Å²) < 4.78 is 5.49. The second-order valence-corrected chi connectivity index (χ2v) is 3.60. The standard InChI is InChI=1S/C10H11ClO/c1-7-5-6-12-9-4-2-3-8(11)10(7)9/h2-4,7H,5-6H2,1H3. The van der Waals surface area contributed by atoms with Crippen molar-refractivity contribution in [2.45, 2.75) is 19.3 Å². The fourth-order valence-corrected chi connectivity index (χ4v) is 1.96. The fraction of sp³-hybridized carbons (Fsp3) is 0.400. The maximum atomic E-state index is 6.06. The highest BCUT2D eigenvalue weighted by Crippen LogP contribution is 2.37. The van der Waals surface area contributed by atoms with Gasteiger partial charge in [-0.25, -0.2) is 0 Å². The lowest BCUT2D eigenvalue weighted by Gasteiger charge is -2.23. The summed E-state index contributed by atoms with van der Waals surface area (Å²) in [6.07, 6.45) is 1.07. The average Bonchev–Trinajstić information content (AvgIpc) is 2.04. The van der Waals surface area contributed by atoms with Gasteiger partial charge in [0.1, 0.15) is 5.75 Å². The maximum Gasteiger partial charge on any atom is 0.124 e. The van der Waals surface area contributed by atoms with Crippen molar-refractivity contribution in [3.63, 3.8) is 0 Å². The van der Waals surface area contributed by atoms with Crippen LogP contribution in [0.5, 0.6) is 5.75 Å². The third-order valence-corrected chi connectivity index (χ3v) is 2.64. The molecule has 0 saturated carbocycles. The van der Waals surface area contributed by atoms with Crippen molar-refractivity contribution >= 4 is 11.6 Å². The third-order valence-electron chi connectivity index (χ3n) is 2.31. The van der Waals surface area contributed by atoms with Crippen LogP contribution in [0.4, 0.5) is 0 Å². The molecule has 12 heavy (non-hydrogen) atoms. The van der Waals surface area contributed by atoms with Crippen molar-refractivity contribution in [1.29, 1.82) is 0 Å². The molecule has 0 fully saturated rings. The maximum absolute atomic E-state index is 6.06. The zero-order valence-electron chi connectivity index (χ0n) is 7.01. The quantitative estimate of drug-likeness (QED) is 0.599. The fourth-order valence-electron chi connectivity index (χ4n) is 1.61. The number of rotatable bonds is 0. The van der Waals surface area contributed by atoms with E-state index >= 15 is 0 Å². The van der Waals surface area contributed by atoms with Crippen LogP contribution in [-0.2, 0) is 0 Å². The topological polar surface area (TPSA) is 9.23 Å². The zero-order chi connectivity index (χ0) is 8.55. The molecule has 0 bridgehead atoms. The van der Waals surface area contributed by atoms with Gasteiger partial charge in [0.25, 0.3) is 0 Å². The Bertz CT molecular complexity index is 296. The van der Waals surface area contributed by atoms with Crippen LogP contribution < -0.4 is 4.74 Å². The summed E-state index contributed by atoms with van der Waals surface area (Å²) >= 11 is 6.06. The molecule has 1 aliphatic heterocycles. The molecule has 0 saturated heterocycles. The molecular formula is C10H11ClO. The molecular weight excluding hydrogens is 172 g/mol. The normalized spacial score (nSPS) is 21.3. The van der Waals surface area contributed by atoms with Gasteiger partial charge in [-0.15, -0.1) is 0 Å². The summed E-state index contributed by atoms with van der Waals surface area (Å²) in [5.74, 6) is 1.49. The Morgan fingerprint density at radius 2 is 2.33 bits per heavy atom. The SMILES string of the molecule is CC1CCOc2cccc(Cl)c21. The van der Waals surface area contributed by atoms with Crippen molar-refractivity contribution in [1.82, 2.24) is 0 Å². The number of halogens is 1. The van der Waals surface area contributed by atoms with Gasteiger partial charge in [-0.1, -0.05) is 24.6 Å². The van der Waals surface area contributed by atoms with Crippen molar-refractivity contribution in [2.24, 2.45) is 0 Å². The van der Waals surface area contributed by atoms with Gasteiger partial charge in [-0.05, 0) is 24.5 Å². The molecule has 0 radical (unpaired) electrons. The van der Waals surface area contributed by atoms with Gasteiger partial charge in [0.05, 0.1) is 6.61 Å². The van der Waals surface area contributed by atoms with E-state index in [1.54, 1.807) is 0 Å². The molecule has 1 atom stereocenters. The van der Waals surface area contributed by atoms with Crippen LogP contribution in [0.15, 0.2) is 18.2 Å². The monoisotopic (exact) mass is 182 g/mol. The van der Waals surface area contributed by atoms with E-state index in [4.69, 9.17) is 16.3 Å². The summed E-state index contributed by atoms with van der Waals surface area (Å²) in [5, 5.41) is 0.833. The van der Waals surface area contributed by atoms with Gasteiger partial charge in [-0.2, -0.15) is 0 Å². The Kier molecular flexibility index (Phi) is 1.97. The van der Waals surface area contributed by atoms with Crippen LogP contribution in [0.2, 0.25) is 5.02 Å². The van der Waals surface area contributed by atoms with Crippen molar-refractivity contribution < 1.29 is 4.74 Å². The molecule has 0 amide bonds. The second kappa shape index (κ2) is 2.98. The summed E-state index contributed by atoms with van der Waals surface area (Å²) in [4.78, 5) is 0. The molecule has 0 aliphatic carbocycles. The molecule has 1 heterocycles. The van der Waals surface area contributed by atoms with Crippen LogP contribution in [0.3, 0.4) is 0 Å². The minimum absolute atomic E-state index is 0.530.